The van der Waals surface area contributed by atoms with E-state index in [1.54, 1.807) is 11.3 Å². The van der Waals surface area contributed by atoms with Gasteiger partial charge < -0.3 is 5.73 Å². The average molecular weight is 303 g/mol. The van der Waals surface area contributed by atoms with Crippen LogP contribution in [0.25, 0.3) is 10.4 Å². The van der Waals surface area contributed by atoms with Gasteiger partial charge in [0.2, 0.25) is 0 Å². The average Bonchev–Trinajstić information content (AvgIpc) is 2.64. The molecular weight excluding hydrogens is 294 g/mol. The normalized spacial score (nSPS) is 10.6. The molecule has 0 bridgehead atoms. The molecular formula is C11H9BrClNS. The third-order valence-corrected chi connectivity index (χ3v) is 4.39. The standard InChI is InChI=1S/C11H9BrClNS/c12-9-3-4-15-11(9)7-1-2-8(6-14)10(13)5-7/h1-5H,6,14H2. The lowest BCUT2D eigenvalue weighted by Gasteiger charge is -2.04. The second kappa shape index (κ2) is 4.66. The fraction of sp³-hybridized carbons (Fsp3) is 0.0909. The van der Waals surface area contributed by atoms with Crippen molar-refractivity contribution in [3.63, 3.8) is 0 Å². The zero-order valence-corrected chi connectivity index (χ0v) is 11.0. The highest BCUT2D eigenvalue weighted by molar-refractivity contribution is 9.10. The van der Waals surface area contributed by atoms with Gasteiger partial charge in [-0.2, -0.15) is 0 Å². The Hall–Kier alpha value is -0.350. The summed E-state index contributed by atoms with van der Waals surface area (Å²) >= 11 is 11.3. The van der Waals surface area contributed by atoms with E-state index in [9.17, 15) is 0 Å². The molecule has 2 rings (SSSR count). The van der Waals surface area contributed by atoms with Crippen LogP contribution in [0.15, 0.2) is 34.1 Å². The van der Waals surface area contributed by atoms with Crippen molar-refractivity contribution < 1.29 is 0 Å². The summed E-state index contributed by atoms with van der Waals surface area (Å²) in [5.74, 6) is 0. The summed E-state index contributed by atoms with van der Waals surface area (Å²) in [6.45, 7) is 0.477. The number of hydrogen-bond acceptors (Lipinski definition) is 2. The van der Waals surface area contributed by atoms with Gasteiger partial charge in [0.15, 0.2) is 0 Å². The molecule has 0 spiro atoms. The molecule has 0 unspecified atom stereocenters. The fourth-order valence-corrected chi connectivity index (χ4v) is 3.21. The topological polar surface area (TPSA) is 26.0 Å². The van der Waals surface area contributed by atoms with Crippen molar-refractivity contribution in [2.45, 2.75) is 6.54 Å². The summed E-state index contributed by atoms with van der Waals surface area (Å²) in [5.41, 5.74) is 7.66. The Morgan fingerprint density at radius 2 is 2.13 bits per heavy atom. The molecule has 4 heteroatoms. The summed E-state index contributed by atoms with van der Waals surface area (Å²) in [4.78, 5) is 1.19. The number of thiophene rings is 1. The molecule has 1 nitrogen and oxygen atoms in total. The van der Waals surface area contributed by atoms with Crippen molar-refractivity contribution >= 4 is 38.9 Å². The molecule has 15 heavy (non-hydrogen) atoms. The van der Waals surface area contributed by atoms with Gasteiger partial charge in [-0.25, -0.2) is 0 Å². The van der Waals surface area contributed by atoms with E-state index in [1.807, 2.05) is 29.6 Å². The van der Waals surface area contributed by atoms with Crippen LogP contribution >= 0.6 is 38.9 Å². The Labute approximate surface area is 106 Å². The molecule has 1 aromatic heterocycles. The van der Waals surface area contributed by atoms with Gasteiger partial charge in [0.1, 0.15) is 0 Å². The maximum Gasteiger partial charge on any atom is 0.0485 e. The zero-order chi connectivity index (χ0) is 10.8. The predicted molar refractivity (Wildman–Crippen MR) is 70.4 cm³/mol. The maximum absolute atomic E-state index is 6.11. The zero-order valence-electron chi connectivity index (χ0n) is 7.84. The molecule has 0 amide bonds. The highest BCUT2D eigenvalue weighted by Gasteiger charge is 2.06. The van der Waals surface area contributed by atoms with Gasteiger partial charge in [-0.15, -0.1) is 11.3 Å². The van der Waals surface area contributed by atoms with Gasteiger partial charge in [0.05, 0.1) is 0 Å². The maximum atomic E-state index is 6.11. The number of benzene rings is 1. The van der Waals surface area contributed by atoms with Crippen LogP contribution in [0.3, 0.4) is 0 Å². The summed E-state index contributed by atoms with van der Waals surface area (Å²) in [5, 5.41) is 2.78. The van der Waals surface area contributed by atoms with E-state index in [-0.39, 0.29) is 0 Å². The molecule has 1 aromatic carbocycles. The minimum Gasteiger partial charge on any atom is -0.326 e. The Bertz CT molecular complexity index is 481. The smallest absolute Gasteiger partial charge is 0.0485 e. The quantitative estimate of drug-likeness (QED) is 0.880. The van der Waals surface area contributed by atoms with Crippen LogP contribution in [-0.2, 0) is 6.54 Å². The molecule has 0 radical (unpaired) electrons. The first-order valence-electron chi connectivity index (χ1n) is 4.44. The molecule has 78 valence electrons. The van der Waals surface area contributed by atoms with Crippen molar-refractivity contribution in [2.75, 3.05) is 0 Å². The summed E-state index contributed by atoms with van der Waals surface area (Å²) < 4.78 is 1.10. The Balaban J connectivity index is 2.47. The molecule has 0 aliphatic carbocycles. The Kier molecular flexibility index (Phi) is 3.46. The van der Waals surface area contributed by atoms with E-state index in [0.717, 1.165) is 20.6 Å². The largest absolute Gasteiger partial charge is 0.326 e. The Morgan fingerprint density at radius 3 is 2.67 bits per heavy atom. The molecule has 0 atom stereocenters. The van der Waals surface area contributed by atoms with E-state index in [2.05, 4.69) is 15.9 Å². The van der Waals surface area contributed by atoms with E-state index in [1.165, 1.54) is 4.88 Å². The lowest BCUT2D eigenvalue weighted by atomic mass is 10.1. The van der Waals surface area contributed by atoms with Crippen LogP contribution in [0.2, 0.25) is 5.02 Å². The first-order chi connectivity index (χ1) is 7.22. The molecule has 0 saturated carbocycles. The number of halogens is 2. The van der Waals surface area contributed by atoms with E-state index in [4.69, 9.17) is 17.3 Å². The van der Waals surface area contributed by atoms with Gasteiger partial charge >= 0.3 is 0 Å². The second-order valence-electron chi connectivity index (χ2n) is 3.11. The van der Waals surface area contributed by atoms with Crippen LogP contribution in [0.4, 0.5) is 0 Å². The molecule has 0 saturated heterocycles. The predicted octanol–water partition coefficient (Wildman–Crippen LogP) is 4.29. The monoisotopic (exact) mass is 301 g/mol. The van der Waals surface area contributed by atoms with Crippen molar-refractivity contribution in [2.24, 2.45) is 5.73 Å². The Morgan fingerprint density at radius 1 is 1.33 bits per heavy atom. The minimum atomic E-state index is 0.477. The van der Waals surface area contributed by atoms with Crippen molar-refractivity contribution in [1.82, 2.24) is 0 Å². The van der Waals surface area contributed by atoms with Crippen molar-refractivity contribution in [3.05, 3.63) is 44.7 Å². The lowest BCUT2D eigenvalue weighted by Crippen LogP contribution is -1.96. The second-order valence-corrected chi connectivity index (χ2v) is 5.29. The molecule has 0 aliphatic heterocycles. The molecule has 2 N–H and O–H groups in total. The number of rotatable bonds is 2. The lowest BCUT2D eigenvalue weighted by molar-refractivity contribution is 1.07. The first-order valence-corrected chi connectivity index (χ1v) is 6.49. The third-order valence-electron chi connectivity index (χ3n) is 2.15. The van der Waals surface area contributed by atoms with Gasteiger partial charge in [-0.05, 0) is 44.6 Å². The minimum absolute atomic E-state index is 0.477. The number of hydrogen-bond donors (Lipinski definition) is 1. The van der Waals surface area contributed by atoms with Crippen LogP contribution in [0.1, 0.15) is 5.56 Å². The van der Waals surface area contributed by atoms with Gasteiger partial charge in [0, 0.05) is 20.9 Å². The van der Waals surface area contributed by atoms with Crippen molar-refractivity contribution in [1.29, 1.82) is 0 Å². The van der Waals surface area contributed by atoms with Gasteiger partial charge in [-0.3, -0.25) is 0 Å². The molecule has 1 heterocycles. The summed E-state index contributed by atoms with van der Waals surface area (Å²) in [7, 11) is 0. The third kappa shape index (κ3) is 2.26. The van der Waals surface area contributed by atoms with Crippen molar-refractivity contribution in [3.8, 4) is 10.4 Å². The number of nitrogens with two attached hydrogens (primary N) is 1. The highest BCUT2D eigenvalue weighted by atomic mass is 79.9. The van der Waals surface area contributed by atoms with Gasteiger partial charge in [-0.1, -0.05) is 23.7 Å². The fourth-order valence-electron chi connectivity index (χ4n) is 1.35. The molecule has 0 fully saturated rings. The van der Waals surface area contributed by atoms with E-state index >= 15 is 0 Å². The van der Waals surface area contributed by atoms with Crippen LogP contribution in [0.5, 0.6) is 0 Å². The summed E-state index contributed by atoms with van der Waals surface area (Å²) in [6, 6.07) is 8.01. The van der Waals surface area contributed by atoms with Crippen LogP contribution in [-0.4, -0.2) is 0 Å². The van der Waals surface area contributed by atoms with E-state index < -0.39 is 0 Å². The van der Waals surface area contributed by atoms with Crippen LogP contribution in [0, 0.1) is 0 Å². The van der Waals surface area contributed by atoms with Gasteiger partial charge in [0.25, 0.3) is 0 Å². The SMILES string of the molecule is NCc1ccc(-c2sccc2Br)cc1Cl. The van der Waals surface area contributed by atoms with E-state index in [0.29, 0.717) is 6.54 Å². The first kappa shape index (κ1) is 11.1. The summed E-state index contributed by atoms with van der Waals surface area (Å²) in [6.07, 6.45) is 0. The van der Waals surface area contributed by atoms with Crippen LogP contribution < -0.4 is 5.73 Å². The molecule has 2 aromatic rings. The molecule has 0 aliphatic rings. The highest BCUT2D eigenvalue weighted by Crippen LogP contribution is 2.35.